The summed E-state index contributed by atoms with van der Waals surface area (Å²) >= 11 is 0. The third-order valence-corrected chi connectivity index (χ3v) is 6.83. The molecule has 0 radical (unpaired) electrons. The molecule has 1 N–H and O–H groups in total. The van der Waals surface area contributed by atoms with Gasteiger partial charge in [0.1, 0.15) is 0 Å². The van der Waals surface area contributed by atoms with Crippen molar-refractivity contribution in [1.29, 1.82) is 0 Å². The number of hydrogen-bond acceptors (Lipinski definition) is 4. The van der Waals surface area contributed by atoms with Crippen molar-refractivity contribution in [2.24, 2.45) is 0 Å². The van der Waals surface area contributed by atoms with E-state index in [0.717, 1.165) is 24.2 Å². The number of aliphatic hydroxyl groups excluding tert-OH is 1. The van der Waals surface area contributed by atoms with E-state index in [1.807, 2.05) is 18.2 Å². The normalized spacial score (nSPS) is 15.3. The zero-order valence-corrected chi connectivity index (χ0v) is 16.1. The first kappa shape index (κ1) is 18.9. The molecule has 1 aliphatic heterocycles. The number of anilines is 1. The highest BCUT2D eigenvalue weighted by Crippen LogP contribution is 2.34. The van der Waals surface area contributed by atoms with Gasteiger partial charge in [0.2, 0.25) is 0 Å². The summed E-state index contributed by atoms with van der Waals surface area (Å²) in [6, 6.07) is 14.1. The number of likely N-dealkylation sites (N-methyl/N-ethyl adjacent to an activating group) is 1. The van der Waals surface area contributed by atoms with Crippen LogP contribution in [0.2, 0.25) is 0 Å². The summed E-state index contributed by atoms with van der Waals surface area (Å²) in [4.78, 5) is 2.47. The van der Waals surface area contributed by atoms with Crippen LogP contribution in [0.3, 0.4) is 0 Å². The second-order valence-corrected chi connectivity index (χ2v) is 8.39. The van der Waals surface area contributed by atoms with Crippen LogP contribution in [0, 0.1) is 0 Å². The van der Waals surface area contributed by atoms with Crippen molar-refractivity contribution in [3.05, 3.63) is 59.7 Å². The Bertz CT molecular complexity index is 849. The molecule has 1 unspecified atom stereocenters. The lowest BCUT2D eigenvalue weighted by molar-refractivity contribution is 0.119. The minimum atomic E-state index is -3.55. The predicted molar refractivity (Wildman–Crippen MR) is 104 cm³/mol. The molecule has 26 heavy (non-hydrogen) atoms. The van der Waals surface area contributed by atoms with Crippen molar-refractivity contribution in [3.8, 4) is 0 Å². The first-order valence-corrected chi connectivity index (χ1v) is 10.5. The fourth-order valence-electron chi connectivity index (χ4n) is 3.40. The molecular weight excluding hydrogens is 348 g/mol. The van der Waals surface area contributed by atoms with Gasteiger partial charge in [-0.25, -0.2) is 8.42 Å². The third kappa shape index (κ3) is 3.63. The first-order chi connectivity index (χ1) is 12.5. The number of sulfonamides is 1. The average Bonchev–Trinajstić information content (AvgIpc) is 3.10. The summed E-state index contributed by atoms with van der Waals surface area (Å²) in [5.74, 6) is 0. The van der Waals surface area contributed by atoms with Gasteiger partial charge in [0.05, 0.1) is 16.7 Å². The van der Waals surface area contributed by atoms with Crippen molar-refractivity contribution < 1.29 is 13.5 Å². The number of hydrogen-bond donors (Lipinski definition) is 1. The lowest BCUT2D eigenvalue weighted by Crippen LogP contribution is -2.29. The quantitative estimate of drug-likeness (QED) is 0.810. The van der Waals surface area contributed by atoms with Crippen LogP contribution in [0.4, 0.5) is 5.69 Å². The second kappa shape index (κ2) is 7.78. The molecule has 0 fully saturated rings. The summed E-state index contributed by atoms with van der Waals surface area (Å²) in [5.41, 5.74) is 2.53. The molecular formula is C20H26N2O3S. The molecule has 0 spiro atoms. The molecule has 2 aromatic carbocycles. The molecule has 3 rings (SSSR count). The van der Waals surface area contributed by atoms with E-state index in [9.17, 15) is 13.5 Å². The van der Waals surface area contributed by atoms with E-state index in [0.29, 0.717) is 30.1 Å². The van der Waals surface area contributed by atoms with Gasteiger partial charge in [0.25, 0.3) is 10.0 Å². The van der Waals surface area contributed by atoms with Crippen molar-refractivity contribution in [2.45, 2.75) is 31.3 Å². The van der Waals surface area contributed by atoms with E-state index in [-0.39, 0.29) is 0 Å². The Balaban J connectivity index is 1.85. The molecule has 0 bridgehead atoms. The molecule has 2 aromatic rings. The predicted octanol–water partition coefficient (Wildman–Crippen LogP) is 2.81. The van der Waals surface area contributed by atoms with E-state index in [1.54, 1.807) is 30.3 Å². The number of fused-ring (bicyclic) bond motifs is 1. The summed E-state index contributed by atoms with van der Waals surface area (Å²) < 4.78 is 27.3. The molecule has 0 saturated heterocycles. The molecule has 0 amide bonds. The zero-order chi connectivity index (χ0) is 18.7. The van der Waals surface area contributed by atoms with Gasteiger partial charge in [-0.1, -0.05) is 44.2 Å². The van der Waals surface area contributed by atoms with Crippen molar-refractivity contribution in [3.63, 3.8) is 0 Å². The minimum absolute atomic E-state index is 0.304. The highest BCUT2D eigenvalue weighted by molar-refractivity contribution is 7.92. The zero-order valence-electron chi connectivity index (χ0n) is 15.3. The Morgan fingerprint density at radius 1 is 1.12 bits per heavy atom. The Hall–Kier alpha value is -1.89. The van der Waals surface area contributed by atoms with Crippen molar-refractivity contribution >= 4 is 15.7 Å². The van der Waals surface area contributed by atoms with Crippen LogP contribution in [0.1, 0.15) is 31.1 Å². The summed E-state index contributed by atoms with van der Waals surface area (Å²) in [6.07, 6.45) is 0.0905. The van der Waals surface area contributed by atoms with Crippen molar-refractivity contribution in [1.82, 2.24) is 4.90 Å². The molecule has 5 nitrogen and oxygen atoms in total. The van der Waals surface area contributed by atoms with Gasteiger partial charge in [-0.15, -0.1) is 0 Å². The number of aliphatic hydroxyl groups is 1. The monoisotopic (exact) mass is 374 g/mol. The standard InChI is InChI=1S/C20H26N2O3S/c1-3-21(4-2)15-20(23)17-10-11-19-16(14-17)12-13-22(19)26(24,25)18-8-6-5-7-9-18/h5-11,14,20,23H,3-4,12-13,15H2,1-2H3. The number of nitrogens with zero attached hydrogens (tertiary/aromatic N) is 2. The van der Waals surface area contributed by atoms with E-state index < -0.39 is 16.1 Å². The largest absolute Gasteiger partial charge is 0.387 e. The highest BCUT2D eigenvalue weighted by Gasteiger charge is 2.31. The van der Waals surface area contributed by atoms with Gasteiger partial charge >= 0.3 is 0 Å². The minimum Gasteiger partial charge on any atom is -0.387 e. The van der Waals surface area contributed by atoms with Gasteiger partial charge in [-0.05, 0) is 48.8 Å². The summed E-state index contributed by atoms with van der Waals surface area (Å²) in [7, 11) is -3.55. The Morgan fingerprint density at radius 2 is 1.81 bits per heavy atom. The fourth-order valence-corrected chi connectivity index (χ4v) is 4.92. The van der Waals surface area contributed by atoms with Gasteiger partial charge in [-0.2, -0.15) is 0 Å². The fraction of sp³-hybridized carbons (Fsp3) is 0.400. The van der Waals surface area contributed by atoms with Gasteiger partial charge in [0.15, 0.2) is 0 Å². The molecule has 6 heteroatoms. The number of rotatable bonds is 7. The van der Waals surface area contributed by atoms with E-state index in [1.165, 1.54) is 4.31 Å². The van der Waals surface area contributed by atoms with Gasteiger partial charge in [0, 0.05) is 13.1 Å². The SMILES string of the molecule is CCN(CC)CC(O)c1ccc2c(c1)CCN2S(=O)(=O)c1ccccc1. The molecule has 0 saturated carbocycles. The third-order valence-electron chi connectivity index (χ3n) is 5.00. The summed E-state index contributed by atoms with van der Waals surface area (Å²) in [5, 5.41) is 10.5. The maximum absolute atomic E-state index is 12.9. The van der Waals surface area contributed by atoms with E-state index in [2.05, 4.69) is 18.7 Å². The van der Waals surface area contributed by atoms with Crippen molar-refractivity contribution in [2.75, 3.05) is 30.5 Å². The summed E-state index contributed by atoms with van der Waals surface area (Å²) in [6.45, 7) is 6.94. The van der Waals surface area contributed by atoms with Crippen LogP contribution in [0.25, 0.3) is 0 Å². The average molecular weight is 375 g/mol. The molecule has 1 heterocycles. The Labute approximate surface area is 155 Å². The van der Waals surface area contributed by atoms with Crippen LogP contribution in [0.5, 0.6) is 0 Å². The Morgan fingerprint density at radius 3 is 2.46 bits per heavy atom. The molecule has 1 aliphatic rings. The topological polar surface area (TPSA) is 60.9 Å². The van der Waals surface area contributed by atoms with Gasteiger partial charge < -0.3 is 10.0 Å². The van der Waals surface area contributed by atoms with Crippen LogP contribution in [-0.2, 0) is 16.4 Å². The lowest BCUT2D eigenvalue weighted by Gasteiger charge is -2.23. The number of benzene rings is 2. The van der Waals surface area contributed by atoms with E-state index in [4.69, 9.17) is 0 Å². The van der Waals surface area contributed by atoms with Crippen LogP contribution in [0.15, 0.2) is 53.4 Å². The maximum Gasteiger partial charge on any atom is 0.264 e. The maximum atomic E-state index is 12.9. The Kier molecular flexibility index (Phi) is 5.65. The highest BCUT2D eigenvalue weighted by atomic mass is 32.2. The van der Waals surface area contributed by atoms with Crippen LogP contribution < -0.4 is 4.31 Å². The molecule has 0 aliphatic carbocycles. The van der Waals surface area contributed by atoms with Gasteiger partial charge in [-0.3, -0.25) is 4.31 Å². The smallest absolute Gasteiger partial charge is 0.264 e. The van der Waals surface area contributed by atoms with Crippen LogP contribution in [-0.4, -0.2) is 44.6 Å². The second-order valence-electron chi connectivity index (χ2n) is 6.53. The van der Waals surface area contributed by atoms with E-state index >= 15 is 0 Å². The molecule has 1 atom stereocenters. The molecule has 0 aromatic heterocycles. The first-order valence-electron chi connectivity index (χ1n) is 9.08. The lowest BCUT2D eigenvalue weighted by atomic mass is 10.0. The van der Waals surface area contributed by atoms with Crippen LogP contribution >= 0.6 is 0 Å². The molecule has 140 valence electrons.